The van der Waals surface area contributed by atoms with Gasteiger partial charge < -0.3 is 10.5 Å². The van der Waals surface area contributed by atoms with Crippen molar-refractivity contribution in [2.24, 2.45) is 5.73 Å². The zero-order valence-electron chi connectivity index (χ0n) is 12.4. The molecule has 1 aliphatic rings. The van der Waals surface area contributed by atoms with E-state index in [1.807, 2.05) is 12.1 Å². The molecule has 1 aliphatic heterocycles. The Bertz CT molecular complexity index is 668. The Kier molecular flexibility index (Phi) is 4.05. The summed E-state index contributed by atoms with van der Waals surface area (Å²) in [7, 11) is 0. The maximum absolute atomic E-state index is 6.63. The van der Waals surface area contributed by atoms with Crippen LogP contribution in [0.3, 0.4) is 0 Å². The van der Waals surface area contributed by atoms with E-state index in [1.165, 1.54) is 22.3 Å². The Morgan fingerprint density at radius 1 is 1.19 bits per heavy atom. The number of benzene rings is 2. The van der Waals surface area contributed by atoms with E-state index in [4.69, 9.17) is 10.5 Å². The van der Waals surface area contributed by atoms with Crippen LogP contribution in [-0.2, 0) is 0 Å². The molecular formula is C18H20BrNO. The third kappa shape index (κ3) is 2.72. The van der Waals surface area contributed by atoms with Crippen molar-refractivity contribution in [1.82, 2.24) is 0 Å². The zero-order chi connectivity index (χ0) is 15.0. The fourth-order valence-electron chi connectivity index (χ4n) is 3.12. The third-order valence-electron chi connectivity index (χ3n) is 4.34. The van der Waals surface area contributed by atoms with Crippen LogP contribution in [0.4, 0.5) is 0 Å². The van der Waals surface area contributed by atoms with Gasteiger partial charge in [0, 0.05) is 16.4 Å². The van der Waals surface area contributed by atoms with Gasteiger partial charge in [0.15, 0.2) is 0 Å². The molecule has 0 aliphatic carbocycles. The second-order valence-electron chi connectivity index (χ2n) is 5.77. The van der Waals surface area contributed by atoms with Crippen molar-refractivity contribution in [3.05, 3.63) is 63.1 Å². The summed E-state index contributed by atoms with van der Waals surface area (Å²) < 4.78 is 6.89. The van der Waals surface area contributed by atoms with Crippen LogP contribution in [0.1, 0.15) is 40.6 Å². The highest BCUT2D eigenvalue weighted by molar-refractivity contribution is 9.10. The number of ether oxygens (including phenoxy) is 1. The number of aryl methyl sites for hydroxylation is 2. The molecule has 2 atom stereocenters. The molecule has 0 saturated carbocycles. The van der Waals surface area contributed by atoms with Crippen LogP contribution in [0.25, 0.3) is 0 Å². The normalized spacial score (nSPS) is 18.8. The highest BCUT2D eigenvalue weighted by Crippen LogP contribution is 2.41. The second-order valence-corrected chi connectivity index (χ2v) is 6.62. The molecule has 21 heavy (non-hydrogen) atoms. The van der Waals surface area contributed by atoms with Gasteiger partial charge in [-0.15, -0.1) is 0 Å². The summed E-state index contributed by atoms with van der Waals surface area (Å²) >= 11 is 3.59. The number of para-hydroxylation sites is 1. The van der Waals surface area contributed by atoms with Crippen LogP contribution in [0.2, 0.25) is 0 Å². The summed E-state index contributed by atoms with van der Waals surface area (Å²) in [4.78, 5) is 0. The molecule has 0 fully saturated rings. The van der Waals surface area contributed by atoms with Crippen LogP contribution in [0.15, 0.2) is 40.9 Å². The van der Waals surface area contributed by atoms with Gasteiger partial charge >= 0.3 is 0 Å². The second kappa shape index (κ2) is 5.82. The molecule has 0 amide bonds. The summed E-state index contributed by atoms with van der Waals surface area (Å²) in [5, 5.41) is 0. The van der Waals surface area contributed by atoms with Gasteiger partial charge in [-0.25, -0.2) is 0 Å². The van der Waals surface area contributed by atoms with E-state index in [1.54, 1.807) is 0 Å². The molecule has 3 heteroatoms. The highest BCUT2D eigenvalue weighted by atomic mass is 79.9. The van der Waals surface area contributed by atoms with Gasteiger partial charge in [0.05, 0.1) is 6.61 Å². The van der Waals surface area contributed by atoms with E-state index in [9.17, 15) is 0 Å². The summed E-state index contributed by atoms with van der Waals surface area (Å²) in [5.41, 5.74) is 11.6. The van der Waals surface area contributed by atoms with Gasteiger partial charge in [-0.2, -0.15) is 0 Å². The van der Waals surface area contributed by atoms with Crippen molar-refractivity contribution in [2.45, 2.75) is 32.2 Å². The molecule has 2 unspecified atom stereocenters. The molecule has 110 valence electrons. The van der Waals surface area contributed by atoms with Crippen molar-refractivity contribution in [2.75, 3.05) is 6.61 Å². The van der Waals surface area contributed by atoms with Crippen LogP contribution in [-0.4, -0.2) is 6.61 Å². The maximum atomic E-state index is 6.63. The zero-order valence-corrected chi connectivity index (χ0v) is 14.0. The molecule has 2 nitrogen and oxygen atoms in total. The molecule has 0 bridgehead atoms. The van der Waals surface area contributed by atoms with Gasteiger partial charge in [0.2, 0.25) is 0 Å². The highest BCUT2D eigenvalue weighted by Gasteiger charge is 2.28. The van der Waals surface area contributed by atoms with Crippen molar-refractivity contribution in [3.63, 3.8) is 0 Å². The first kappa shape index (κ1) is 14.6. The van der Waals surface area contributed by atoms with Gasteiger partial charge in [-0.3, -0.25) is 0 Å². The first-order chi connectivity index (χ1) is 10.1. The van der Waals surface area contributed by atoms with E-state index < -0.39 is 0 Å². The topological polar surface area (TPSA) is 35.2 Å². The quantitative estimate of drug-likeness (QED) is 0.860. The smallest absolute Gasteiger partial charge is 0.122 e. The molecule has 2 aromatic carbocycles. The summed E-state index contributed by atoms with van der Waals surface area (Å²) in [5.74, 6) is 1.30. The fourth-order valence-corrected chi connectivity index (χ4v) is 3.58. The number of halogens is 1. The van der Waals surface area contributed by atoms with Crippen LogP contribution in [0, 0.1) is 13.8 Å². The molecule has 2 N–H and O–H groups in total. The first-order valence-corrected chi connectivity index (χ1v) is 8.11. The number of nitrogens with two attached hydrogens (primary N) is 1. The summed E-state index contributed by atoms with van der Waals surface area (Å²) in [6, 6.07) is 12.6. The van der Waals surface area contributed by atoms with Crippen LogP contribution in [0.5, 0.6) is 5.75 Å². The van der Waals surface area contributed by atoms with Crippen molar-refractivity contribution >= 4 is 15.9 Å². The van der Waals surface area contributed by atoms with E-state index >= 15 is 0 Å². The van der Waals surface area contributed by atoms with E-state index in [2.05, 4.69) is 54.0 Å². The number of hydrogen-bond acceptors (Lipinski definition) is 2. The molecule has 0 aromatic heterocycles. The SMILES string of the molecule is Cc1cc(C(N)C2CCOc3ccccc32)c(C)cc1Br. The van der Waals surface area contributed by atoms with Crippen molar-refractivity contribution < 1.29 is 4.74 Å². The molecule has 1 heterocycles. The lowest BCUT2D eigenvalue weighted by molar-refractivity contribution is 0.255. The lowest BCUT2D eigenvalue weighted by atomic mass is 9.82. The summed E-state index contributed by atoms with van der Waals surface area (Å²) in [6.45, 7) is 4.98. The lowest BCUT2D eigenvalue weighted by Gasteiger charge is -2.31. The molecule has 0 spiro atoms. The monoisotopic (exact) mass is 345 g/mol. The predicted molar refractivity (Wildman–Crippen MR) is 89.8 cm³/mol. The van der Waals surface area contributed by atoms with Crippen LogP contribution >= 0.6 is 15.9 Å². The number of rotatable bonds is 2. The minimum absolute atomic E-state index is 0.00171. The molecule has 3 rings (SSSR count). The standard InChI is InChI=1S/C18H20BrNO/c1-11-10-16(19)12(2)9-15(11)18(20)14-7-8-21-17-6-4-3-5-13(14)17/h3-6,9-10,14,18H,7-8,20H2,1-2H3. The average Bonchev–Trinajstić information content (AvgIpc) is 2.49. The summed E-state index contributed by atoms with van der Waals surface area (Å²) in [6.07, 6.45) is 0.965. The molecule has 0 saturated heterocycles. The average molecular weight is 346 g/mol. The first-order valence-electron chi connectivity index (χ1n) is 7.32. The van der Waals surface area contributed by atoms with E-state index in [0.29, 0.717) is 5.92 Å². The largest absolute Gasteiger partial charge is 0.493 e. The van der Waals surface area contributed by atoms with Crippen molar-refractivity contribution in [3.8, 4) is 5.75 Å². The third-order valence-corrected chi connectivity index (χ3v) is 5.20. The Morgan fingerprint density at radius 3 is 2.76 bits per heavy atom. The van der Waals surface area contributed by atoms with Gasteiger partial charge in [-0.05, 0) is 54.7 Å². The minimum Gasteiger partial charge on any atom is -0.493 e. The fraction of sp³-hybridized carbons (Fsp3) is 0.333. The minimum atomic E-state index is 0.00171. The van der Waals surface area contributed by atoms with Crippen molar-refractivity contribution in [1.29, 1.82) is 0 Å². The number of hydrogen-bond donors (Lipinski definition) is 1. The van der Waals surface area contributed by atoms with Gasteiger partial charge in [-0.1, -0.05) is 40.2 Å². The van der Waals surface area contributed by atoms with Crippen LogP contribution < -0.4 is 10.5 Å². The van der Waals surface area contributed by atoms with Gasteiger partial charge in [0.25, 0.3) is 0 Å². The Hall–Kier alpha value is -1.32. The van der Waals surface area contributed by atoms with E-state index in [0.717, 1.165) is 23.2 Å². The maximum Gasteiger partial charge on any atom is 0.122 e. The Labute approximate surface area is 134 Å². The molecular weight excluding hydrogens is 326 g/mol. The van der Waals surface area contributed by atoms with Gasteiger partial charge in [0.1, 0.15) is 5.75 Å². The molecule has 2 aromatic rings. The molecule has 0 radical (unpaired) electrons. The lowest BCUT2D eigenvalue weighted by Crippen LogP contribution is -2.26. The van der Waals surface area contributed by atoms with E-state index in [-0.39, 0.29) is 6.04 Å². The predicted octanol–water partition coefficient (Wildman–Crippen LogP) is 4.63. The Morgan fingerprint density at radius 2 is 1.95 bits per heavy atom. The Balaban J connectivity index is 2.00. The number of fused-ring (bicyclic) bond motifs is 1.